The number of rotatable bonds is 2. The van der Waals surface area contributed by atoms with Crippen LogP contribution in [0, 0.1) is 0 Å². The number of carboxylic acids is 1. The summed E-state index contributed by atoms with van der Waals surface area (Å²) in [5.41, 5.74) is 0. The Balaban J connectivity index is 2.26. The van der Waals surface area contributed by atoms with Crippen molar-refractivity contribution in [3.63, 3.8) is 0 Å². The Labute approximate surface area is 68.5 Å². The molecule has 0 spiro atoms. The Hall–Kier alpha value is 1.08. The van der Waals surface area contributed by atoms with E-state index in [1.807, 2.05) is 0 Å². The molecule has 3 nitrogen and oxygen atoms in total. The minimum absolute atomic E-state index is 0.0754. The van der Waals surface area contributed by atoms with Gasteiger partial charge in [-0.1, -0.05) is 0 Å². The van der Waals surface area contributed by atoms with Crippen LogP contribution in [0.1, 0.15) is 0 Å². The third-order valence-corrected chi connectivity index (χ3v) is 12.8. The number of aliphatic carboxylic acids is 1. The molecular formula is C3H5INO2Tl. The number of hydrogen-bond acceptors (Lipinski definition) is 2. The van der Waals surface area contributed by atoms with E-state index in [1.54, 1.807) is 0 Å². The van der Waals surface area contributed by atoms with Crippen LogP contribution in [0.25, 0.3) is 0 Å². The van der Waals surface area contributed by atoms with Gasteiger partial charge in [-0.25, -0.2) is 0 Å². The van der Waals surface area contributed by atoms with Gasteiger partial charge in [-0.05, 0) is 0 Å². The van der Waals surface area contributed by atoms with E-state index >= 15 is 0 Å². The van der Waals surface area contributed by atoms with Gasteiger partial charge in [0.1, 0.15) is 0 Å². The molecule has 1 fully saturated rings. The van der Waals surface area contributed by atoms with Crippen LogP contribution in [0.15, 0.2) is 0 Å². The number of halogens is 1. The summed E-state index contributed by atoms with van der Waals surface area (Å²) in [4.78, 5) is 10.1. The van der Waals surface area contributed by atoms with Crippen LogP contribution in [0.3, 0.4) is 0 Å². The SMILES string of the molecule is O=C(O)[C@@H]1C[N]1[TlH][I]. The first-order chi connectivity index (χ1) is 3.75. The van der Waals surface area contributed by atoms with Gasteiger partial charge < -0.3 is 0 Å². The molecule has 1 aliphatic heterocycles. The molecule has 1 heterocycles. The van der Waals surface area contributed by atoms with Gasteiger partial charge in [-0.15, -0.1) is 0 Å². The average Bonchev–Trinajstić information content (AvgIpc) is 2.42. The number of hydrogen-bond donors (Lipinski definition) is 1. The zero-order valence-electron chi connectivity index (χ0n) is 4.17. The topological polar surface area (TPSA) is 40.3 Å². The van der Waals surface area contributed by atoms with Crippen LogP contribution in [0.2, 0.25) is 0 Å². The first kappa shape index (κ1) is 7.19. The summed E-state index contributed by atoms with van der Waals surface area (Å²) in [6, 6.07) is -0.0754. The summed E-state index contributed by atoms with van der Waals surface area (Å²) in [6.07, 6.45) is 0. The fourth-order valence-corrected chi connectivity index (χ4v) is 9.74. The molecular weight excluding hydrogens is 413 g/mol. The van der Waals surface area contributed by atoms with E-state index in [0.29, 0.717) is 0 Å². The van der Waals surface area contributed by atoms with Gasteiger partial charge in [-0.2, -0.15) is 0 Å². The molecule has 0 aromatic rings. The molecule has 0 aliphatic carbocycles. The van der Waals surface area contributed by atoms with E-state index in [9.17, 15) is 4.79 Å². The second kappa shape index (κ2) is 2.78. The predicted octanol–water partition coefficient (Wildman–Crippen LogP) is -0.543. The third kappa shape index (κ3) is 1.53. The van der Waals surface area contributed by atoms with Crippen molar-refractivity contribution < 1.29 is 9.90 Å². The van der Waals surface area contributed by atoms with E-state index in [4.69, 9.17) is 5.11 Å². The molecule has 0 saturated carbocycles. The van der Waals surface area contributed by atoms with E-state index in [-0.39, 0.29) is 6.04 Å². The van der Waals surface area contributed by atoms with Gasteiger partial charge in [0.15, 0.2) is 0 Å². The van der Waals surface area contributed by atoms with Crippen molar-refractivity contribution in [2.24, 2.45) is 0 Å². The molecule has 0 amide bonds. The van der Waals surface area contributed by atoms with Crippen LogP contribution in [0.5, 0.6) is 0 Å². The van der Waals surface area contributed by atoms with Crippen LogP contribution in [-0.4, -0.2) is 46.6 Å². The summed E-state index contributed by atoms with van der Waals surface area (Å²) in [5.74, 6) is -0.637. The zero-order chi connectivity index (χ0) is 6.15. The van der Waals surface area contributed by atoms with Crippen LogP contribution >= 0.6 is 17.8 Å². The molecule has 8 heavy (non-hydrogen) atoms. The molecule has 0 bridgehead atoms. The number of carbonyl (C=O) groups is 1. The fraction of sp³-hybridized carbons (Fsp3) is 0.667. The Morgan fingerprint density at radius 1 is 2.00 bits per heavy atom. The quantitative estimate of drug-likeness (QED) is 0.372. The monoisotopic (exact) mass is 419 g/mol. The molecule has 5 heteroatoms. The first-order valence-electron chi connectivity index (χ1n) is 2.28. The zero-order valence-corrected chi connectivity index (χ0v) is 11.8. The van der Waals surface area contributed by atoms with Crippen molar-refractivity contribution in [3.8, 4) is 0 Å². The Morgan fingerprint density at radius 3 is 2.75 bits per heavy atom. The van der Waals surface area contributed by atoms with Gasteiger partial charge in [0, 0.05) is 0 Å². The molecule has 0 aromatic heterocycles. The van der Waals surface area contributed by atoms with E-state index in [1.165, 1.54) is 0 Å². The van der Waals surface area contributed by atoms with Crippen molar-refractivity contribution in [1.29, 1.82) is 0 Å². The first-order valence-corrected chi connectivity index (χ1v) is 20.2. The minimum atomic E-state index is -0.829. The van der Waals surface area contributed by atoms with Gasteiger partial charge in [0.05, 0.1) is 0 Å². The molecule has 1 N–H and O–H groups in total. The third-order valence-electron chi connectivity index (χ3n) is 1.15. The molecule has 0 aromatic carbocycles. The van der Waals surface area contributed by atoms with Crippen molar-refractivity contribution in [3.05, 3.63) is 0 Å². The second-order valence-electron chi connectivity index (χ2n) is 1.74. The van der Waals surface area contributed by atoms with E-state index in [2.05, 4.69) is 20.5 Å². The number of carboxylic acid groups (broad SMARTS) is 1. The standard InChI is InChI=1S/C3H4NO2.HI.Tl.H/c5-3(6)2-1-4-2;;;/h2H,1H2,(H,5,6);1H;;/q-1;;+2;/p-1/t2-;;;/m0.../s1. The summed E-state index contributed by atoms with van der Waals surface area (Å²) in [5, 5.41) is 8.35. The predicted molar refractivity (Wildman–Crippen MR) is 39.3 cm³/mol. The van der Waals surface area contributed by atoms with Crippen molar-refractivity contribution in [1.82, 2.24) is 2.71 Å². The van der Waals surface area contributed by atoms with Gasteiger partial charge in [0.2, 0.25) is 0 Å². The summed E-state index contributed by atoms with van der Waals surface area (Å²) >= 11 is 1.54. The summed E-state index contributed by atoms with van der Waals surface area (Å²) in [7, 11) is 0. The maximum atomic E-state index is 10.1. The normalized spacial score (nSPS) is 34.1. The molecule has 0 radical (unpaired) electrons. The molecule has 1 rings (SSSR count). The van der Waals surface area contributed by atoms with Gasteiger partial charge in [0.25, 0.3) is 0 Å². The van der Waals surface area contributed by atoms with Gasteiger partial charge in [-0.3, -0.25) is 0 Å². The maximum absolute atomic E-state index is 10.1. The van der Waals surface area contributed by atoms with Gasteiger partial charge >= 0.3 is 69.2 Å². The van der Waals surface area contributed by atoms with Crippen molar-refractivity contribution in [2.45, 2.75) is 6.04 Å². The van der Waals surface area contributed by atoms with E-state index < -0.39 is 26.2 Å². The summed E-state index contributed by atoms with van der Waals surface area (Å²) < 4.78 is 2.10. The molecule has 2 atom stereocenters. The van der Waals surface area contributed by atoms with Crippen molar-refractivity contribution in [2.75, 3.05) is 6.54 Å². The fourth-order valence-electron chi connectivity index (χ4n) is 0.541. The molecule has 1 saturated heterocycles. The van der Waals surface area contributed by atoms with Crippen LogP contribution in [0.4, 0.5) is 0 Å². The van der Waals surface area contributed by atoms with Crippen LogP contribution in [-0.2, 0) is 4.79 Å². The van der Waals surface area contributed by atoms with E-state index in [0.717, 1.165) is 6.54 Å². The Kier molecular flexibility index (Phi) is 2.50. The molecule has 1 unspecified atom stereocenters. The Morgan fingerprint density at radius 2 is 2.62 bits per heavy atom. The summed E-state index contributed by atoms with van der Waals surface area (Å²) in [6.45, 7) is 0.833. The molecule has 44 valence electrons. The molecule has 1 aliphatic rings. The van der Waals surface area contributed by atoms with Crippen molar-refractivity contribution >= 4 is 44.0 Å². The number of nitrogens with zero attached hydrogens (tertiary/aromatic N) is 1. The van der Waals surface area contributed by atoms with Crippen LogP contribution < -0.4 is 0 Å². The average molecular weight is 418 g/mol. The Bertz CT molecular complexity index is 120. The second-order valence-corrected chi connectivity index (χ2v) is 11.8.